The summed E-state index contributed by atoms with van der Waals surface area (Å²) in [5.41, 5.74) is 4.59. The SMILES string of the molecule is CCOc1ccccc1-n1c(-c2ccccc2)cc(C(=O)NCCN2CCCC2)c1C. The summed E-state index contributed by atoms with van der Waals surface area (Å²) in [6.07, 6.45) is 2.52. The molecular weight excluding hydrogens is 386 g/mol. The van der Waals surface area contributed by atoms with Crippen molar-refractivity contribution in [3.8, 4) is 22.7 Å². The van der Waals surface area contributed by atoms with Crippen LogP contribution in [0.2, 0.25) is 0 Å². The lowest BCUT2D eigenvalue weighted by atomic mass is 10.1. The summed E-state index contributed by atoms with van der Waals surface area (Å²) in [6, 6.07) is 20.2. The third-order valence-corrected chi connectivity index (χ3v) is 5.88. The first kappa shape index (κ1) is 21.2. The summed E-state index contributed by atoms with van der Waals surface area (Å²) in [7, 11) is 0. The Hall–Kier alpha value is -3.05. The van der Waals surface area contributed by atoms with Gasteiger partial charge in [0, 0.05) is 18.8 Å². The Morgan fingerprint density at radius 3 is 2.48 bits per heavy atom. The summed E-state index contributed by atoms with van der Waals surface area (Å²) in [5.74, 6) is 0.781. The number of nitrogens with zero attached hydrogens (tertiary/aromatic N) is 2. The lowest BCUT2D eigenvalue weighted by Gasteiger charge is -2.17. The molecule has 1 amide bonds. The van der Waals surface area contributed by atoms with Gasteiger partial charge >= 0.3 is 0 Å². The van der Waals surface area contributed by atoms with Crippen molar-refractivity contribution in [3.63, 3.8) is 0 Å². The van der Waals surface area contributed by atoms with Crippen molar-refractivity contribution in [2.45, 2.75) is 26.7 Å². The summed E-state index contributed by atoms with van der Waals surface area (Å²) < 4.78 is 8.04. The molecule has 4 rings (SSSR count). The molecular formula is C26H31N3O2. The number of ether oxygens (including phenoxy) is 1. The number of amides is 1. The third kappa shape index (κ3) is 4.67. The van der Waals surface area contributed by atoms with Crippen molar-refractivity contribution >= 4 is 5.91 Å². The predicted octanol–water partition coefficient (Wildman–Crippen LogP) is 4.68. The van der Waals surface area contributed by atoms with Crippen LogP contribution in [0.3, 0.4) is 0 Å². The van der Waals surface area contributed by atoms with Crippen molar-refractivity contribution in [2.24, 2.45) is 0 Å². The zero-order valence-electron chi connectivity index (χ0n) is 18.4. The number of hydrogen-bond acceptors (Lipinski definition) is 3. The van der Waals surface area contributed by atoms with E-state index in [0.29, 0.717) is 18.7 Å². The van der Waals surface area contributed by atoms with Crippen LogP contribution in [-0.2, 0) is 0 Å². The maximum Gasteiger partial charge on any atom is 0.253 e. The van der Waals surface area contributed by atoms with Crippen molar-refractivity contribution in [2.75, 3.05) is 32.8 Å². The van der Waals surface area contributed by atoms with Crippen LogP contribution in [0.1, 0.15) is 35.8 Å². The number of aromatic nitrogens is 1. The van der Waals surface area contributed by atoms with E-state index < -0.39 is 0 Å². The van der Waals surface area contributed by atoms with Crippen LogP contribution in [0.15, 0.2) is 60.7 Å². The van der Waals surface area contributed by atoms with Crippen LogP contribution in [0, 0.1) is 6.92 Å². The highest BCUT2D eigenvalue weighted by Crippen LogP contribution is 2.33. The van der Waals surface area contributed by atoms with Gasteiger partial charge in [0.1, 0.15) is 5.75 Å². The van der Waals surface area contributed by atoms with E-state index in [2.05, 4.69) is 26.9 Å². The molecule has 3 aromatic rings. The van der Waals surface area contributed by atoms with E-state index in [1.54, 1.807) is 0 Å². The van der Waals surface area contributed by atoms with Gasteiger partial charge in [-0.1, -0.05) is 42.5 Å². The molecule has 5 nitrogen and oxygen atoms in total. The molecule has 1 aliphatic heterocycles. The van der Waals surface area contributed by atoms with E-state index in [4.69, 9.17) is 4.74 Å². The maximum absolute atomic E-state index is 13.1. The predicted molar refractivity (Wildman–Crippen MR) is 125 cm³/mol. The van der Waals surface area contributed by atoms with Gasteiger partial charge in [0.15, 0.2) is 0 Å². The summed E-state index contributed by atoms with van der Waals surface area (Å²) >= 11 is 0. The first-order valence-corrected chi connectivity index (χ1v) is 11.2. The number of benzene rings is 2. The van der Waals surface area contributed by atoms with Crippen LogP contribution < -0.4 is 10.1 Å². The quantitative estimate of drug-likeness (QED) is 0.579. The highest BCUT2D eigenvalue weighted by Gasteiger charge is 2.21. The van der Waals surface area contributed by atoms with E-state index in [9.17, 15) is 4.79 Å². The fraction of sp³-hybridized carbons (Fsp3) is 0.346. The van der Waals surface area contributed by atoms with Gasteiger partial charge in [0.25, 0.3) is 5.91 Å². The number of carbonyl (C=O) groups excluding carboxylic acids is 1. The second-order valence-electron chi connectivity index (χ2n) is 7.94. The van der Waals surface area contributed by atoms with Gasteiger partial charge in [-0.3, -0.25) is 4.79 Å². The molecule has 2 aromatic carbocycles. The zero-order valence-corrected chi connectivity index (χ0v) is 18.4. The van der Waals surface area contributed by atoms with E-state index >= 15 is 0 Å². The molecule has 1 aliphatic rings. The molecule has 1 N–H and O–H groups in total. The molecule has 0 bridgehead atoms. The van der Waals surface area contributed by atoms with Crippen LogP contribution in [0.25, 0.3) is 16.9 Å². The summed E-state index contributed by atoms with van der Waals surface area (Å²) in [6.45, 7) is 8.42. The molecule has 0 atom stereocenters. The van der Waals surface area contributed by atoms with Crippen LogP contribution in [0.4, 0.5) is 0 Å². The summed E-state index contributed by atoms with van der Waals surface area (Å²) in [5, 5.41) is 3.12. The van der Waals surface area contributed by atoms with Crippen molar-refractivity contribution < 1.29 is 9.53 Å². The zero-order chi connectivity index (χ0) is 21.6. The Balaban J connectivity index is 1.68. The molecule has 0 saturated carbocycles. The number of carbonyl (C=O) groups is 1. The lowest BCUT2D eigenvalue weighted by Crippen LogP contribution is -2.33. The van der Waals surface area contributed by atoms with E-state index in [1.807, 2.05) is 62.4 Å². The fourth-order valence-electron chi connectivity index (χ4n) is 4.32. The van der Waals surface area contributed by atoms with Crippen LogP contribution in [-0.4, -0.2) is 48.2 Å². The van der Waals surface area contributed by atoms with Crippen LogP contribution in [0.5, 0.6) is 5.75 Å². The average molecular weight is 418 g/mol. The standard InChI is InChI=1S/C26H31N3O2/c1-3-31-25-14-8-7-13-23(25)29-20(2)22(19-24(29)21-11-5-4-6-12-21)26(30)27-15-18-28-16-9-10-17-28/h4-8,11-14,19H,3,9-10,15-18H2,1-2H3,(H,27,30). The molecule has 5 heteroatoms. The molecule has 162 valence electrons. The number of para-hydroxylation sites is 2. The Kier molecular flexibility index (Phi) is 6.73. The second-order valence-corrected chi connectivity index (χ2v) is 7.94. The minimum Gasteiger partial charge on any atom is -0.492 e. The largest absolute Gasteiger partial charge is 0.492 e. The minimum absolute atomic E-state index is 0.0264. The molecule has 0 unspecified atom stereocenters. The first-order chi connectivity index (χ1) is 15.2. The number of likely N-dealkylation sites (tertiary alicyclic amines) is 1. The smallest absolute Gasteiger partial charge is 0.253 e. The van der Waals surface area contributed by atoms with E-state index in [-0.39, 0.29) is 5.91 Å². The molecule has 1 saturated heterocycles. The Bertz CT molecular complexity index is 1020. The molecule has 0 radical (unpaired) electrons. The molecule has 2 heterocycles. The fourth-order valence-corrected chi connectivity index (χ4v) is 4.32. The molecule has 1 fully saturated rings. The minimum atomic E-state index is -0.0264. The van der Waals surface area contributed by atoms with Gasteiger partial charge in [-0.15, -0.1) is 0 Å². The first-order valence-electron chi connectivity index (χ1n) is 11.2. The monoisotopic (exact) mass is 417 g/mol. The molecule has 0 aliphatic carbocycles. The highest BCUT2D eigenvalue weighted by atomic mass is 16.5. The van der Waals surface area contributed by atoms with Gasteiger partial charge in [-0.2, -0.15) is 0 Å². The van der Waals surface area contributed by atoms with Gasteiger partial charge in [0.2, 0.25) is 0 Å². The molecule has 0 spiro atoms. The topological polar surface area (TPSA) is 46.5 Å². The normalized spacial score (nSPS) is 14.0. The van der Waals surface area contributed by atoms with Crippen molar-refractivity contribution in [3.05, 3.63) is 71.9 Å². The second kappa shape index (κ2) is 9.84. The molecule has 1 aromatic heterocycles. The van der Waals surface area contributed by atoms with Crippen molar-refractivity contribution in [1.82, 2.24) is 14.8 Å². The van der Waals surface area contributed by atoms with Gasteiger partial charge in [0.05, 0.1) is 23.6 Å². The van der Waals surface area contributed by atoms with Crippen molar-refractivity contribution in [1.29, 1.82) is 0 Å². The van der Waals surface area contributed by atoms with Gasteiger partial charge < -0.3 is 19.5 Å². The highest BCUT2D eigenvalue weighted by molar-refractivity contribution is 5.97. The third-order valence-electron chi connectivity index (χ3n) is 5.88. The van der Waals surface area contributed by atoms with Crippen LogP contribution >= 0.6 is 0 Å². The Morgan fingerprint density at radius 1 is 1.03 bits per heavy atom. The lowest BCUT2D eigenvalue weighted by molar-refractivity contribution is 0.0949. The Morgan fingerprint density at radius 2 is 1.74 bits per heavy atom. The van der Waals surface area contributed by atoms with Gasteiger partial charge in [-0.05, 0) is 63.5 Å². The number of nitrogens with one attached hydrogen (secondary N) is 1. The maximum atomic E-state index is 13.1. The van der Waals surface area contributed by atoms with Gasteiger partial charge in [-0.25, -0.2) is 0 Å². The summed E-state index contributed by atoms with van der Waals surface area (Å²) in [4.78, 5) is 15.5. The average Bonchev–Trinajstić information content (AvgIpc) is 3.43. The molecule has 31 heavy (non-hydrogen) atoms. The number of rotatable bonds is 8. The number of hydrogen-bond donors (Lipinski definition) is 1. The Labute approximate surface area is 184 Å². The van der Waals surface area contributed by atoms with E-state index in [1.165, 1.54) is 12.8 Å². The van der Waals surface area contributed by atoms with E-state index in [0.717, 1.165) is 48.0 Å².